The molecule has 0 bridgehead atoms. The van der Waals surface area contributed by atoms with Crippen molar-refractivity contribution in [3.63, 3.8) is 0 Å². The van der Waals surface area contributed by atoms with E-state index in [9.17, 15) is 13.2 Å². The van der Waals surface area contributed by atoms with Crippen molar-refractivity contribution in [1.82, 2.24) is 4.98 Å². The van der Waals surface area contributed by atoms with Gasteiger partial charge >= 0.3 is 5.97 Å². The Balaban J connectivity index is 2.00. The molecule has 100 valence electrons. The molecule has 5 nitrogen and oxygen atoms in total. The van der Waals surface area contributed by atoms with Crippen molar-refractivity contribution in [2.45, 2.75) is 25.7 Å². The van der Waals surface area contributed by atoms with Crippen molar-refractivity contribution < 1.29 is 17.9 Å². The van der Waals surface area contributed by atoms with Crippen molar-refractivity contribution in [1.29, 1.82) is 0 Å². The number of hydrogen-bond donors (Lipinski definition) is 0. The summed E-state index contributed by atoms with van der Waals surface area (Å²) in [4.78, 5) is 15.6. The van der Waals surface area contributed by atoms with Gasteiger partial charge in [0.2, 0.25) is 0 Å². The molecule has 1 aliphatic rings. The second kappa shape index (κ2) is 5.36. The van der Waals surface area contributed by atoms with Gasteiger partial charge in [0.1, 0.15) is 0 Å². The first-order valence-electron chi connectivity index (χ1n) is 5.80. The Kier molecular flexibility index (Phi) is 4.01. The Hall–Kier alpha value is -0.950. The van der Waals surface area contributed by atoms with Crippen LogP contribution in [0.3, 0.4) is 0 Å². The molecule has 0 radical (unpaired) electrons. The van der Waals surface area contributed by atoms with E-state index in [2.05, 4.69) is 4.98 Å². The highest BCUT2D eigenvalue weighted by molar-refractivity contribution is 7.91. The normalized spacial score (nSPS) is 21.9. The van der Waals surface area contributed by atoms with Crippen LogP contribution in [0.2, 0.25) is 0 Å². The van der Waals surface area contributed by atoms with E-state index < -0.39 is 9.84 Å². The molecule has 0 aliphatic carbocycles. The molecular formula is C11H15NO4S2. The summed E-state index contributed by atoms with van der Waals surface area (Å²) >= 11 is 1.42. The minimum Gasteiger partial charge on any atom is -0.466 e. The van der Waals surface area contributed by atoms with Crippen molar-refractivity contribution in [3.05, 3.63) is 16.1 Å². The van der Waals surface area contributed by atoms with Crippen molar-refractivity contribution >= 4 is 27.1 Å². The number of carbonyl (C=O) groups excluding carboxylic acids is 1. The van der Waals surface area contributed by atoms with Gasteiger partial charge in [-0.3, -0.25) is 4.79 Å². The molecule has 1 aromatic heterocycles. The van der Waals surface area contributed by atoms with Gasteiger partial charge in [-0.05, 0) is 13.3 Å². The molecule has 2 heterocycles. The van der Waals surface area contributed by atoms with Crippen LogP contribution in [0.4, 0.5) is 0 Å². The van der Waals surface area contributed by atoms with Gasteiger partial charge in [0.15, 0.2) is 9.84 Å². The third-order valence-corrected chi connectivity index (χ3v) is 5.61. The van der Waals surface area contributed by atoms with Gasteiger partial charge in [-0.2, -0.15) is 0 Å². The molecule has 0 N–H and O–H groups in total. The first-order chi connectivity index (χ1) is 8.50. The van der Waals surface area contributed by atoms with Gasteiger partial charge < -0.3 is 4.74 Å². The second-order valence-corrected chi connectivity index (χ2v) is 7.38. The standard InChI is InChI=1S/C11H15NO4S2/c1-2-16-10(13)5-9-6-17-11(12-9)8-3-4-18(14,15)7-8/h6,8H,2-5,7H2,1H3. The molecule has 1 unspecified atom stereocenters. The van der Waals surface area contributed by atoms with E-state index in [1.54, 1.807) is 12.3 Å². The highest BCUT2D eigenvalue weighted by Crippen LogP contribution is 2.30. The summed E-state index contributed by atoms with van der Waals surface area (Å²) in [6, 6.07) is 0. The third kappa shape index (κ3) is 3.29. The summed E-state index contributed by atoms with van der Waals surface area (Å²) in [6.07, 6.45) is 0.790. The van der Waals surface area contributed by atoms with Crippen LogP contribution < -0.4 is 0 Å². The molecule has 1 atom stereocenters. The summed E-state index contributed by atoms with van der Waals surface area (Å²) < 4.78 is 27.6. The number of nitrogens with zero attached hydrogens (tertiary/aromatic N) is 1. The smallest absolute Gasteiger partial charge is 0.311 e. The second-order valence-electron chi connectivity index (χ2n) is 4.26. The molecule has 2 rings (SSSR count). The van der Waals surface area contributed by atoms with Crippen LogP contribution in [-0.2, 0) is 25.8 Å². The SMILES string of the molecule is CCOC(=O)Cc1csc(C2CCS(=O)(=O)C2)n1. The Morgan fingerprint density at radius 2 is 2.39 bits per heavy atom. The maximum atomic E-state index is 11.4. The van der Waals surface area contributed by atoms with E-state index in [1.807, 2.05) is 0 Å². The number of esters is 1. The third-order valence-electron chi connectivity index (χ3n) is 2.78. The molecule has 18 heavy (non-hydrogen) atoms. The quantitative estimate of drug-likeness (QED) is 0.777. The van der Waals surface area contributed by atoms with Crippen LogP contribution in [0, 0.1) is 0 Å². The molecular weight excluding hydrogens is 274 g/mol. The van der Waals surface area contributed by atoms with Gasteiger partial charge in [0, 0.05) is 11.3 Å². The first kappa shape index (κ1) is 13.5. The number of carbonyl (C=O) groups is 1. The van der Waals surface area contributed by atoms with E-state index in [0.717, 1.165) is 5.01 Å². The van der Waals surface area contributed by atoms with E-state index in [1.165, 1.54) is 11.3 Å². The lowest BCUT2D eigenvalue weighted by Gasteiger charge is -2.01. The largest absolute Gasteiger partial charge is 0.466 e. The zero-order valence-electron chi connectivity index (χ0n) is 10.1. The van der Waals surface area contributed by atoms with Crippen LogP contribution >= 0.6 is 11.3 Å². The summed E-state index contributed by atoms with van der Waals surface area (Å²) in [6.45, 7) is 2.12. The Morgan fingerprint density at radius 3 is 3.00 bits per heavy atom. The molecule has 0 amide bonds. The predicted octanol–water partition coefficient (Wildman–Crippen LogP) is 1.15. The van der Waals surface area contributed by atoms with Crippen LogP contribution in [0.25, 0.3) is 0 Å². The fourth-order valence-corrected chi connectivity index (χ4v) is 4.75. The van der Waals surface area contributed by atoms with Gasteiger partial charge in [-0.15, -0.1) is 11.3 Å². The number of ether oxygens (including phenoxy) is 1. The first-order valence-corrected chi connectivity index (χ1v) is 8.50. The zero-order chi connectivity index (χ0) is 13.2. The Morgan fingerprint density at radius 1 is 1.61 bits per heavy atom. The average molecular weight is 289 g/mol. The molecule has 0 saturated carbocycles. The molecule has 7 heteroatoms. The van der Waals surface area contributed by atoms with E-state index in [-0.39, 0.29) is 29.8 Å². The highest BCUT2D eigenvalue weighted by Gasteiger charge is 2.31. The molecule has 0 spiro atoms. The molecule has 1 aromatic rings. The lowest BCUT2D eigenvalue weighted by molar-refractivity contribution is -0.142. The summed E-state index contributed by atoms with van der Waals surface area (Å²) in [7, 11) is -2.89. The molecule has 1 saturated heterocycles. The van der Waals surface area contributed by atoms with Gasteiger partial charge in [0.25, 0.3) is 0 Å². The van der Waals surface area contributed by atoms with Gasteiger partial charge in [-0.1, -0.05) is 0 Å². The summed E-state index contributed by atoms with van der Waals surface area (Å²) in [5, 5.41) is 2.62. The van der Waals surface area contributed by atoms with E-state index >= 15 is 0 Å². The minimum absolute atomic E-state index is 0.00375. The number of thiazole rings is 1. The fourth-order valence-electron chi connectivity index (χ4n) is 1.94. The lowest BCUT2D eigenvalue weighted by atomic mass is 10.1. The molecule has 1 fully saturated rings. The number of hydrogen-bond acceptors (Lipinski definition) is 6. The summed E-state index contributed by atoms with van der Waals surface area (Å²) in [5.74, 6) is 0.119. The van der Waals surface area contributed by atoms with Gasteiger partial charge in [-0.25, -0.2) is 13.4 Å². The van der Waals surface area contributed by atoms with Crippen LogP contribution in [0.5, 0.6) is 0 Å². The summed E-state index contributed by atoms with van der Waals surface area (Å²) in [5.41, 5.74) is 0.665. The van der Waals surface area contributed by atoms with Gasteiger partial charge in [0.05, 0.1) is 35.2 Å². The van der Waals surface area contributed by atoms with Crippen LogP contribution in [-0.4, -0.2) is 37.5 Å². The number of aromatic nitrogens is 1. The maximum Gasteiger partial charge on any atom is 0.311 e. The topological polar surface area (TPSA) is 73.3 Å². The van der Waals surface area contributed by atoms with Crippen molar-refractivity contribution in [2.75, 3.05) is 18.1 Å². The molecule has 0 aromatic carbocycles. The zero-order valence-corrected chi connectivity index (χ0v) is 11.7. The Bertz CT molecular complexity index is 535. The maximum absolute atomic E-state index is 11.4. The van der Waals surface area contributed by atoms with Crippen molar-refractivity contribution in [2.24, 2.45) is 0 Å². The Labute approximate surface area is 110 Å². The van der Waals surface area contributed by atoms with Crippen LogP contribution in [0.15, 0.2) is 5.38 Å². The monoisotopic (exact) mass is 289 g/mol. The highest BCUT2D eigenvalue weighted by atomic mass is 32.2. The van der Waals surface area contributed by atoms with Crippen molar-refractivity contribution in [3.8, 4) is 0 Å². The molecule has 1 aliphatic heterocycles. The number of sulfone groups is 1. The van der Waals surface area contributed by atoms with E-state index in [4.69, 9.17) is 4.74 Å². The fraction of sp³-hybridized carbons (Fsp3) is 0.636. The average Bonchev–Trinajstić information content (AvgIpc) is 2.85. The lowest BCUT2D eigenvalue weighted by Crippen LogP contribution is -2.08. The predicted molar refractivity (Wildman–Crippen MR) is 68.5 cm³/mol. The van der Waals surface area contributed by atoms with Crippen LogP contribution in [0.1, 0.15) is 30.0 Å². The minimum atomic E-state index is -2.89. The number of rotatable bonds is 4. The van der Waals surface area contributed by atoms with E-state index in [0.29, 0.717) is 18.7 Å².